The maximum Gasteiger partial charge on any atom is 0.530 e. The Morgan fingerprint density at radius 3 is 0.924 bits per heavy atom. The molecule has 12 nitrogen and oxygen atoms in total. The van der Waals surface area contributed by atoms with E-state index in [1.54, 1.807) is 12.1 Å². The molecule has 1 spiro atoms. The molecule has 0 N–H and O–H groups in total. The summed E-state index contributed by atoms with van der Waals surface area (Å²) in [6.07, 6.45) is 3.49. The SMILES string of the molecule is CC(C)(C)CC(C)(C)c1ccc2c(c1)C(c1cc(C(C)(C)CC(C)(C)C)ccc1OP1(=O)OCC3(CO1)COP(=O)(Oc1ccc(C(C)(C)CC(C)(C)C)cc1C1C(=O)Oc4ccc(C(C)(C)CC(C)(C)C)cc41)OC3)C(=O)O2. The predicted molar refractivity (Wildman–Crippen MR) is 312 cm³/mol. The maximum atomic E-state index is 14.7. The molecule has 4 aromatic carbocycles. The second kappa shape index (κ2) is 20.6. The van der Waals surface area contributed by atoms with Gasteiger partial charge >= 0.3 is 27.6 Å². The molecule has 4 heterocycles. The van der Waals surface area contributed by atoms with Gasteiger partial charge in [-0.1, -0.05) is 187 Å². The number of carbonyl (C=O) groups is 2. The molecular formula is C65H90O12P2. The van der Waals surface area contributed by atoms with Crippen molar-refractivity contribution in [3.8, 4) is 23.0 Å². The number of hydrogen-bond acceptors (Lipinski definition) is 12. The van der Waals surface area contributed by atoms with Crippen molar-refractivity contribution in [3.63, 3.8) is 0 Å². The Morgan fingerprint density at radius 2 is 0.658 bits per heavy atom. The number of fused-ring (bicyclic) bond motifs is 2. The Kier molecular flexibility index (Phi) is 15.8. The van der Waals surface area contributed by atoms with Crippen molar-refractivity contribution < 1.29 is 55.3 Å². The van der Waals surface area contributed by atoms with E-state index in [1.165, 1.54) is 0 Å². The van der Waals surface area contributed by atoms with E-state index in [4.69, 9.17) is 36.6 Å². The lowest BCUT2D eigenvalue weighted by molar-refractivity contribution is -0.134. The molecule has 0 saturated carbocycles. The van der Waals surface area contributed by atoms with Crippen LogP contribution in [0.25, 0.3) is 0 Å². The second-order valence-electron chi connectivity index (χ2n) is 30.9. The lowest BCUT2D eigenvalue weighted by Crippen LogP contribution is -2.46. The molecule has 2 fully saturated rings. The van der Waals surface area contributed by atoms with Crippen LogP contribution in [0.5, 0.6) is 23.0 Å². The van der Waals surface area contributed by atoms with E-state index in [-0.39, 0.29) is 81.2 Å². The topological polar surface area (TPSA) is 142 Å². The first-order valence-corrected chi connectivity index (χ1v) is 31.1. The zero-order valence-electron chi connectivity index (χ0n) is 51.0. The average Bonchev–Trinajstić information content (AvgIpc) is 3.84. The van der Waals surface area contributed by atoms with Crippen LogP contribution in [0.1, 0.15) is 221 Å². The van der Waals surface area contributed by atoms with Crippen molar-refractivity contribution in [2.75, 3.05) is 26.4 Å². The van der Waals surface area contributed by atoms with Gasteiger partial charge < -0.3 is 18.5 Å². The third-order valence-corrected chi connectivity index (χ3v) is 18.3. The van der Waals surface area contributed by atoms with E-state index in [2.05, 4.69) is 151 Å². The van der Waals surface area contributed by atoms with Crippen molar-refractivity contribution in [1.29, 1.82) is 0 Å². The van der Waals surface area contributed by atoms with E-state index in [1.807, 2.05) is 48.5 Å². The van der Waals surface area contributed by atoms with Gasteiger partial charge in [0.15, 0.2) is 0 Å². The summed E-state index contributed by atoms with van der Waals surface area (Å²) < 4.78 is 78.2. The fraction of sp³-hybridized carbons (Fsp3) is 0.600. The first kappa shape index (κ1) is 60.8. The number of carbonyl (C=O) groups excluding carboxylic acids is 2. The van der Waals surface area contributed by atoms with Crippen molar-refractivity contribution >= 4 is 27.6 Å². The van der Waals surface area contributed by atoms with Crippen LogP contribution in [0.2, 0.25) is 0 Å². The zero-order chi connectivity index (χ0) is 58.5. The average molecular weight is 1130 g/mol. The molecular weight excluding hydrogens is 1030 g/mol. The lowest BCUT2D eigenvalue weighted by Gasteiger charge is -2.41. The Balaban J connectivity index is 1.05. The van der Waals surface area contributed by atoms with Gasteiger partial charge in [-0.05, 0) is 116 Å². The van der Waals surface area contributed by atoms with Crippen molar-refractivity contribution in [1.82, 2.24) is 0 Å². The summed E-state index contributed by atoms with van der Waals surface area (Å²) in [4.78, 5) is 28.3. The Labute approximate surface area is 472 Å². The highest BCUT2D eigenvalue weighted by Crippen LogP contribution is 2.62. The molecule has 2 saturated heterocycles. The summed E-state index contributed by atoms with van der Waals surface area (Å²) in [7, 11) is -8.70. The van der Waals surface area contributed by atoms with Crippen LogP contribution in [0, 0.1) is 27.1 Å². The number of esters is 2. The third kappa shape index (κ3) is 13.8. The van der Waals surface area contributed by atoms with Crippen LogP contribution in [-0.2, 0) is 58.5 Å². The van der Waals surface area contributed by atoms with Gasteiger partial charge in [-0.15, -0.1) is 0 Å². The second-order valence-corrected chi connectivity index (χ2v) is 34.1. The van der Waals surface area contributed by atoms with Crippen LogP contribution < -0.4 is 18.5 Å². The monoisotopic (exact) mass is 1120 g/mol. The normalized spacial score (nSPS) is 24.3. The smallest absolute Gasteiger partial charge is 0.425 e. The van der Waals surface area contributed by atoms with Gasteiger partial charge in [0.25, 0.3) is 0 Å². The third-order valence-electron chi connectivity index (χ3n) is 15.7. The number of ether oxygens (including phenoxy) is 2. The molecule has 0 aromatic heterocycles. The molecule has 0 amide bonds. The predicted octanol–water partition coefficient (Wildman–Crippen LogP) is 17.4. The van der Waals surface area contributed by atoms with Crippen LogP contribution in [-0.4, -0.2) is 38.4 Å². The van der Waals surface area contributed by atoms with E-state index in [0.29, 0.717) is 33.8 Å². The first-order chi connectivity index (χ1) is 36.0. The van der Waals surface area contributed by atoms with Crippen LogP contribution in [0.4, 0.5) is 0 Å². The largest absolute Gasteiger partial charge is 0.530 e. The van der Waals surface area contributed by atoms with Crippen LogP contribution in [0.15, 0.2) is 72.8 Å². The molecule has 79 heavy (non-hydrogen) atoms. The highest BCUT2D eigenvalue weighted by molar-refractivity contribution is 7.49. The van der Waals surface area contributed by atoms with Crippen molar-refractivity contribution in [3.05, 3.63) is 117 Å². The molecule has 8 rings (SSSR count). The minimum Gasteiger partial charge on any atom is -0.425 e. The fourth-order valence-corrected chi connectivity index (χ4v) is 16.5. The van der Waals surface area contributed by atoms with E-state index < -0.39 is 44.8 Å². The van der Waals surface area contributed by atoms with Crippen LogP contribution >= 0.6 is 15.6 Å². The molecule has 0 aliphatic carbocycles. The highest BCUT2D eigenvalue weighted by atomic mass is 31.2. The van der Waals surface area contributed by atoms with Gasteiger partial charge in [-0.25, -0.2) is 9.13 Å². The molecule has 4 aromatic rings. The molecule has 0 bridgehead atoms. The zero-order valence-corrected chi connectivity index (χ0v) is 52.8. The Morgan fingerprint density at radius 1 is 0.405 bits per heavy atom. The number of benzene rings is 4. The summed E-state index contributed by atoms with van der Waals surface area (Å²) in [6.45, 7) is 43.3. The van der Waals surface area contributed by atoms with Gasteiger partial charge in [0.1, 0.15) is 34.8 Å². The summed E-state index contributed by atoms with van der Waals surface area (Å²) in [5.74, 6) is -1.43. The van der Waals surface area contributed by atoms with Gasteiger partial charge in [0.05, 0.1) is 31.8 Å². The molecule has 14 heteroatoms. The molecule has 0 radical (unpaired) electrons. The van der Waals surface area contributed by atoms with Gasteiger partial charge in [0, 0.05) is 22.3 Å². The number of phosphoric acid groups is 2. The minimum absolute atomic E-state index is 0.00764. The van der Waals surface area contributed by atoms with Gasteiger partial charge in [-0.2, -0.15) is 0 Å². The number of phosphoric ester groups is 2. The molecule has 2 atom stereocenters. The Hall–Kier alpha value is -4.28. The Bertz CT molecular complexity index is 2860. The molecule has 4 aliphatic rings. The highest BCUT2D eigenvalue weighted by Gasteiger charge is 2.53. The summed E-state index contributed by atoms with van der Waals surface area (Å²) in [5.41, 5.74) is 4.45. The minimum atomic E-state index is -4.35. The van der Waals surface area contributed by atoms with Gasteiger partial charge in [-0.3, -0.25) is 27.7 Å². The number of hydrogen-bond donors (Lipinski definition) is 0. The maximum absolute atomic E-state index is 14.7. The van der Waals surface area contributed by atoms with Crippen molar-refractivity contribution in [2.45, 2.75) is 198 Å². The van der Waals surface area contributed by atoms with E-state index >= 15 is 0 Å². The van der Waals surface area contributed by atoms with E-state index in [0.717, 1.165) is 47.9 Å². The molecule has 432 valence electrons. The molecule has 4 aliphatic heterocycles. The lowest BCUT2D eigenvalue weighted by atomic mass is 9.71. The molecule has 2 unspecified atom stereocenters. The number of rotatable bonds is 14. The fourth-order valence-electron chi connectivity index (χ4n) is 13.6. The summed E-state index contributed by atoms with van der Waals surface area (Å²) in [6, 6.07) is 23.2. The first-order valence-electron chi connectivity index (χ1n) is 28.2. The van der Waals surface area contributed by atoms with Crippen LogP contribution in [0.3, 0.4) is 0 Å². The standard InChI is InChI=1S/C65H90O12P2/c1-57(2,3)33-61(13,14)41-21-25-49-45(29-41)53(55(66)74-49)47-31-43(63(17,18)35-59(7,8)9)23-27-51(47)76-78(68)70-37-65(38-71-78)39-72-79(69,73-40-65)77-52-28-24-44(64(19,20)36-60(10,11)12)32-48(52)54-46-30-42(22-26-50(46)75-56(54)67)62(15,16)34-58(4,5)6/h21-32,53-54H,33-40H2,1-20H3. The van der Waals surface area contributed by atoms with E-state index in [9.17, 15) is 18.7 Å². The van der Waals surface area contributed by atoms with Gasteiger partial charge in [0.2, 0.25) is 0 Å². The summed E-state index contributed by atoms with van der Waals surface area (Å²) in [5, 5.41) is 0. The van der Waals surface area contributed by atoms with Crippen molar-refractivity contribution in [2.24, 2.45) is 27.1 Å². The summed E-state index contributed by atoms with van der Waals surface area (Å²) >= 11 is 0. The quantitative estimate of drug-likeness (QED) is 0.0674.